The van der Waals surface area contributed by atoms with Crippen molar-refractivity contribution < 1.29 is 0 Å². The highest BCUT2D eigenvalue weighted by Crippen LogP contribution is 2.27. The van der Waals surface area contributed by atoms with E-state index < -0.39 is 0 Å². The molecule has 0 spiro atoms. The molecule has 1 heterocycles. The van der Waals surface area contributed by atoms with Crippen LogP contribution in [0.4, 0.5) is 0 Å². The second-order valence-corrected chi connectivity index (χ2v) is 6.53. The van der Waals surface area contributed by atoms with Gasteiger partial charge in [-0.15, -0.1) is 0 Å². The molecule has 2 nitrogen and oxygen atoms in total. The van der Waals surface area contributed by atoms with Gasteiger partial charge < -0.3 is 0 Å². The molecule has 0 aliphatic rings. The van der Waals surface area contributed by atoms with E-state index in [-0.39, 0.29) is 0 Å². The van der Waals surface area contributed by atoms with Crippen LogP contribution in [0.5, 0.6) is 0 Å². The summed E-state index contributed by atoms with van der Waals surface area (Å²) in [5, 5.41) is 0. The summed E-state index contributed by atoms with van der Waals surface area (Å²) in [6, 6.07) is 20.2. The van der Waals surface area contributed by atoms with Crippen LogP contribution >= 0.6 is 15.9 Å². The van der Waals surface area contributed by atoms with E-state index in [9.17, 15) is 0 Å². The van der Waals surface area contributed by atoms with Crippen LogP contribution in [0.1, 0.15) is 19.0 Å². The minimum Gasteiger partial charge on any atom is -0.228 e. The van der Waals surface area contributed by atoms with E-state index in [1.54, 1.807) is 0 Å². The summed E-state index contributed by atoms with van der Waals surface area (Å²) in [5.74, 6) is 0.710. The maximum atomic E-state index is 4.80. The molecule has 1 aromatic heterocycles. The summed E-state index contributed by atoms with van der Waals surface area (Å²) in [6.45, 7) is 6.05. The van der Waals surface area contributed by atoms with Crippen LogP contribution in [0, 0.1) is 0 Å². The Morgan fingerprint density at radius 3 is 2.44 bits per heavy atom. The normalized spacial score (nSPS) is 11.4. The molecule has 3 rings (SSSR count). The third-order valence-corrected chi connectivity index (χ3v) is 4.31. The Morgan fingerprint density at radius 1 is 1.00 bits per heavy atom. The Bertz CT molecular complexity index is 914. The summed E-state index contributed by atoms with van der Waals surface area (Å²) in [7, 11) is 0. The van der Waals surface area contributed by atoms with Gasteiger partial charge in [-0.2, -0.15) is 0 Å². The summed E-state index contributed by atoms with van der Waals surface area (Å²) >= 11 is 3.53. The van der Waals surface area contributed by atoms with E-state index >= 15 is 0 Å². The molecule has 0 saturated heterocycles. The monoisotopic (exact) mass is 390 g/mol. The zero-order valence-electron chi connectivity index (χ0n) is 14.1. The van der Waals surface area contributed by atoms with Crippen molar-refractivity contribution in [2.75, 3.05) is 0 Å². The van der Waals surface area contributed by atoms with E-state index in [4.69, 9.17) is 9.97 Å². The van der Waals surface area contributed by atoms with Gasteiger partial charge in [-0.3, -0.25) is 0 Å². The Morgan fingerprint density at radius 2 is 1.76 bits per heavy atom. The lowest BCUT2D eigenvalue weighted by atomic mass is 10.1. The maximum Gasteiger partial charge on any atom is 0.160 e. The van der Waals surface area contributed by atoms with Crippen molar-refractivity contribution >= 4 is 21.5 Å². The van der Waals surface area contributed by atoms with Crippen LogP contribution in [-0.4, -0.2) is 9.97 Å². The standard InChI is InChI=1S/C22H19BrN2/c1-3-9-16(4-2)20-15-21(17-10-6-5-7-11-17)25-22(24-20)18-12-8-13-19(23)14-18/h4-15H,2-3H2,1H3/b16-9+. The molecule has 0 N–H and O–H groups in total. The molecule has 0 radical (unpaired) electrons. The number of halogens is 1. The van der Waals surface area contributed by atoms with Gasteiger partial charge in [-0.25, -0.2) is 9.97 Å². The molecule has 0 saturated carbocycles. The summed E-state index contributed by atoms with van der Waals surface area (Å²) in [6.07, 6.45) is 4.92. The van der Waals surface area contributed by atoms with Crippen molar-refractivity contribution in [1.82, 2.24) is 9.97 Å². The van der Waals surface area contributed by atoms with Gasteiger partial charge in [0.05, 0.1) is 11.4 Å². The van der Waals surface area contributed by atoms with Crippen molar-refractivity contribution in [3.8, 4) is 22.6 Å². The lowest BCUT2D eigenvalue weighted by molar-refractivity contribution is 1.15. The first kappa shape index (κ1) is 17.3. The lowest BCUT2D eigenvalue weighted by Gasteiger charge is -2.10. The molecule has 0 aliphatic carbocycles. The van der Waals surface area contributed by atoms with E-state index in [0.29, 0.717) is 5.82 Å². The second kappa shape index (κ2) is 8.04. The van der Waals surface area contributed by atoms with Crippen molar-refractivity contribution in [3.05, 3.63) is 89.6 Å². The van der Waals surface area contributed by atoms with E-state index in [2.05, 4.69) is 47.6 Å². The third-order valence-electron chi connectivity index (χ3n) is 3.82. The molecule has 0 fully saturated rings. The van der Waals surface area contributed by atoms with Crippen molar-refractivity contribution in [2.45, 2.75) is 13.3 Å². The highest BCUT2D eigenvalue weighted by atomic mass is 79.9. The fourth-order valence-electron chi connectivity index (χ4n) is 2.62. The van der Waals surface area contributed by atoms with Crippen molar-refractivity contribution in [3.63, 3.8) is 0 Å². The summed E-state index contributed by atoms with van der Waals surface area (Å²) in [4.78, 5) is 9.59. The Labute approximate surface area is 157 Å². The van der Waals surface area contributed by atoms with Gasteiger partial charge >= 0.3 is 0 Å². The largest absolute Gasteiger partial charge is 0.228 e. The SMILES string of the molecule is C=C/C(=C\CC)c1cc(-c2ccccc2)nc(-c2cccc(Br)c2)n1. The van der Waals surface area contributed by atoms with Crippen LogP contribution in [0.25, 0.3) is 28.2 Å². The van der Waals surface area contributed by atoms with E-state index in [0.717, 1.165) is 39.0 Å². The predicted octanol–water partition coefficient (Wildman–Crippen LogP) is 6.55. The fraction of sp³-hybridized carbons (Fsp3) is 0.0909. The minimum atomic E-state index is 0.710. The van der Waals surface area contributed by atoms with Crippen LogP contribution in [0.15, 0.2) is 83.9 Å². The number of allylic oxidation sites excluding steroid dienone is 3. The molecule has 0 atom stereocenters. The average molecular weight is 391 g/mol. The molecule has 0 aliphatic heterocycles. The Balaban J connectivity index is 2.21. The first-order chi connectivity index (χ1) is 12.2. The van der Waals surface area contributed by atoms with Gasteiger partial charge in [-0.05, 0) is 30.2 Å². The quantitative estimate of drug-likeness (QED) is 0.461. The number of hydrogen-bond donors (Lipinski definition) is 0. The van der Waals surface area contributed by atoms with Gasteiger partial charge in [0, 0.05) is 15.6 Å². The minimum absolute atomic E-state index is 0.710. The molecule has 0 bridgehead atoms. The lowest BCUT2D eigenvalue weighted by Crippen LogP contribution is -1.97. The zero-order chi connectivity index (χ0) is 17.6. The number of aromatic nitrogens is 2. The predicted molar refractivity (Wildman–Crippen MR) is 109 cm³/mol. The van der Waals surface area contributed by atoms with Crippen molar-refractivity contribution in [1.29, 1.82) is 0 Å². The maximum absolute atomic E-state index is 4.80. The molecular weight excluding hydrogens is 372 g/mol. The molecule has 0 amide bonds. The van der Waals surface area contributed by atoms with Gasteiger partial charge in [0.2, 0.25) is 0 Å². The molecule has 124 valence electrons. The van der Waals surface area contributed by atoms with Gasteiger partial charge in [0.15, 0.2) is 5.82 Å². The topological polar surface area (TPSA) is 25.8 Å². The number of benzene rings is 2. The molecule has 0 unspecified atom stereocenters. The highest BCUT2D eigenvalue weighted by molar-refractivity contribution is 9.10. The molecular formula is C22H19BrN2. The summed E-state index contributed by atoms with van der Waals surface area (Å²) < 4.78 is 1.01. The van der Waals surface area contributed by atoms with Gasteiger partial charge in [0.25, 0.3) is 0 Å². The molecule has 3 heteroatoms. The fourth-order valence-corrected chi connectivity index (χ4v) is 3.02. The molecule has 3 aromatic rings. The smallest absolute Gasteiger partial charge is 0.160 e. The van der Waals surface area contributed by atoms with Crippen LogP contribution in [0.3, 0.4) is 0 Å². The number of rotatable bonds is 5. The molecule has 2 aromatic carbocycles. The van der Waals surface area contributed by atoms with Gasteiger partial charge in [0.1, 0.15) is 0 Å². The first-order valence-corrected chi connectivity index (χ1v) is 9.04. The van der Waals surface area contributed by atoms with Crippen LogP contribution in [-0.2, 0) is 0 Å². The second-order valence-electron chi connectivity index (χ2n) is 5.61. The van der Waals surface area contributed by atoms with Crippen LogP contribution < -0.4 is 0 Å². The van der Waals surface area contributed by atoms with E-state index in [1.165, 1.54) is 0 Å². The molecule has 25 heavy (non-hydrogen) atoms. The Hall–Kier alpha value is -2.52. The summed E-state index contributed by atoms with van der Waals surface area (Å²) in [5.41, 5.74) is 4.87. The van der Waals surface area contributed by atoms with Crippen molar-refractivity contribution in [2.24, 2.45) is 0 Å². The first-order valence-electron chi connectivity index (χ1n) is 8.24. The third kappa shape index (κ3) is 4.12. The van der Waals surface area contributed by atoms with E-state index in [1.807, 2.05) is 54.6 Å². The number of hydrogen-bond acceptors (Lipinski definition) is 2. The number of nitrogens with zero attached hydrogens (tertiary/aromatic N) is 2. The Kier molecular flexibility index (Phi) is 5.56. The zero-order valence-corrected chi connectivity index (χ0v) is 15.7. The van der Waals surface area contributed by atoms with Crippen LogP contribution in [0.2, 0.25) is 0 Å². The highest BCUT2D eigenvalue weighted by Gasteiger charge is 2.10. The average Bonchev–Trinajstić information content (AvgIpc) is 2.66. The van der Waals surface area contributed by atoms with Gasteiger partial charge in [-0.1, -0.05) is 84.0 Å².